The average molecular weight is 239 g/mol. The van der Waals surface area contributed by atoms with Gasteiger partial charge in [0.05, 0.1) is 6.10 Å². The predicted molar refractivity (Wildman–Crippen MR) is 72.1 cm³/mol. The van der Waals surface area contributed by atoms with Crippen molar-refractivity contribution < 1.29 is 5.11 Å². The molecular weight excluding hydrogens is 210 g/mol. The van der Waals surface area contributed by atoms with Crippen LogP contribution in [0.25, 0.3) is 0 Å². The van der Waals surface area contributed by atoms with Gasteiger partial charge in [-0.2, -0.15) is 0 Å². The Labute approximate surface area is 106 Å². The van der Waals surface area contributed by atoms with Crippen molar-refractivity contribution in [3.05, 3.63) is 0 Å². The largest absolute Gasteiger partial charge is 0.393 e. The first-order valence-corrected chi connectivity index (χ1v) is 7.73. The minimum atomic E-state index is -0.0671. The lowest BCUT2D eigenvalue weighted by atomic mass is 9.96. The molecule has 0 aromatic heterocycles. The zero-order valence-electron chi connectivity index (χ0n) is 11.4. The van der Waals surface area contributed by atoms with Gasteiger partial charge in [-0.1, -0.05) is 19.8 Å². The van der Waals surface area contributed by atoms with E-state index in [1.54, 1.807) is 0 Å². The topological polar surface area (TPSA) is 23.5 Å². The van der Waals surface area contributed by atoms with Gasteiger partial charge in [-0.15, -0.1) is 0 Å². The van der Waals surface area contributed by atoms with Gasteiger partial charge in [0.2, 0.25) is 0 Å². The van der Waals surface area contributed by atoms with E-state index in [0.29, 0.717) is 0 Å². The summed E-state index contributed by atoms with van der Waals surface area (Å²) < 4.78 is 0. The van der Waals surface area contributed by atoms with Gasteiger partial charge in [0.25, 0.3) is 0 Å². The Balaban J connectivity index is 1.71. The van der Waals surface area contributed by atoms with Crippen molar-refractivity contribution in [3.8, 4) is 0 Å². The molecule has 2 unspecified atom stereocenters. The summed E-state index contributed by atoms with van der Waals surface area (Å²) in [6, 6.07) is 0.885. The van der Waals surface area contributed by atoms with Crippen LogP contribution in [0.2, 0.25) is 0 Å². The lowest BCUT2D eigenvalue weighted by Crippen LogP contribution is -2.35. The zero-order chi connectivity index (χ0) is 12.1. The average Bonchev–Trinajstić information content (AvgIpc) is 2.98. The Bertz CT molecular complexity index is 213. The molecule has 1 N–H and O–H groups in total. The number of hydrogen-bond acceptors (Lipinski definition) is 2. The van der Waals surface area contributed by atoms with Crippen LogP contribution in [0, 0.1) is 5.92 Å². The molecule has 1 heterocycles. The van der Waals surface area contributed by atoms with Crippen molar-refractivity contribution >= 4 is 0 Å². The fourth-order valence-corrected chi connectivity index (χ4v) is 3.74. The Hall–Kier alpha value is -0.0800. The minimum absolute atomic E-state index is 0.0671. The molecule has 0 bridgehead atoms. The highest BCUT2D eigenvalue weighted by Gasteiger charge is 2.32. The summed E-state index contributed by atoms with van der Waals surface area (Å²) in [6.45, 7) is 4.60. The first kappa shape index (κ1) is 13.4. The molecule has 1 aliphatic heterocycles. The van der Waals surface area contributed by atoms with Gasteiger partial charge in [-0.25, -0.2) is 0 Å². The van der Waals surface area contributed by atoms with Crippen molar-refractivity contribution in [1.29, 1.82) is 0 Å². The van der Waals surface area contributed by atoms with Crippen LogP contribution in [0.1, 0.15) is 64.7 Å². The highest BCUT2D eigenvalue weighted by molar-refractivity contribution is 4.87. The van der Waals surface area contributed by atoms with Crippen molar-refractivity contribution in [2.45, 2.75) is 76.9 Å². The molecule has 0 aromatic rings. The normalized spacial score (nSPS) is 28.9. The van der Waals surface area contributed by atoms with Gasteiger partial charge in [-0.05, 0) is 64.0 Å². The zero-order valence-corrected chi connectivity index (χ0v) is 11.4. The van der Waals surface area contributed by atoms with Gasteiger partial charge in [0.15, 0.2) is 0 Å². The maximum Gasteiger partial charge on any atom is 0.0538 e. The molecule has 0 radical (unpaired) electrons. The number of nitrogens with zero attached hydrogens (tertiary/aromatic N) is 1. The minimum Gasteiger partial charge on any atom is -0.393 e. The van der Waals surface area contributed by atoms with Crippen molar-refractivity contribution in [3.63, 3.8) is 0 Å². The molecule has 2 nitrogen and oxygen atoms in total. The molecule has 2 heteroatoms. The molecule has 17 heavy (non-hydrogen) atoms. The fourth-order valence-electron chi connectivity index (χ4n) is 3.74. The van der Waals surface area contributed by atoms with E-state index in [1.165, 1.54) is 58.0 Å². The summed E-state index contributed by atoms with van der Waals surface area (Å²) in [5, 5.41) is 9.59. The molecule has 100 valence electrons. The molecule has 2 atom stereocenters. The van der Waals surface area contributed by atoms with Crippen molar-refractivity contribution in [2.75, 3.05) is 13.1 Å². The Morgan fingerprint density at radius 3 is 2.65 bits per heavy atom. The summed E-state index contributed by atoms with van der Waals surface area (Å²) in [6.07, 6.45) is 11.7. The van der Waals surface area contributed by atoms with E-state index >= 15 is 0 Å². The van der Waals surface area contributed by atoms with Gasteiger partial charge in [0, 0.05) is 6.04 Å². The lowest BCUT2D eigenvalue weighted by Gasteiger charge is -2.29. The van der Waals surface area contributed by atoms with Crippen LogP contribution in [0.15, 0.2) is 0 Å². The SMILES string of the molecule is CCC(O)CCCN1CCCC1C1CCCC1. The maximum absolute atomic E-state index is 9.59. The number of hydrogen-bond donors (Lipinski definition) is 1. The van der Waals surface area contributed by atoms with Crippen molar-refractivity contribution in [2.24, 2.45) is 5.92 Å². The van der Waals surface area contributed by atoms with Crippen LogP contribution >= 0.6 is 0 Å². The number of aliphatic hydroxyl groups is 1. The first-order chi connectivity index (χ1) is 8.31. The summed E-state index contributed by atoms with van der Waals surface area (Å²) in [5.41, 5.74) is 0. The highest BCUT2D eigenvalue weighted by atomic mass is 16.3. The number of aliphatic hydroxyl groups excluding tert-OH is 1. The molecule has 2 aliphatic rings. The third kappa shape index (κ3) is 3.69. The molecular formula is C15H29NO. The molecule has 1 saturated heterocycles. The first-order valence-electron chi connectivity index (χ1n) is 7.73. The van der Waals surface area contributed by atoms with Gasteiger partial charge < -0.3 is 10.0 Å². The van der Waals surface area contributed by atoms with E-state index in [9.17, 15) is 5.11 Å². The van der Waals surface area contributed by atoms with Crippen LogP contribution in [0.3, 0.4) is 0 Å². The van der Waals surface area contributed by atoms with E-state index < -0.39 is 0 Å². The van der Waals surface area contributed by atoms with E-state index in [4.69, 9.17) is 0 Å². The monoisotopic (exact) mass is 239 g/mol. The van der Waals surface area contributed by atoms with Gasteiger partial charge >= 0.3 is 0 Å². The molecule has 2 rings (SSSR count). The fraction of sp³-hybridized carbons (Fsp3) is 1.00. The second-order valence-electron chi connectivity index (χ2n) is 5.99. The second kappa shape index (κ2) is 6.75. The highest BCUT2D eigenvalue weighted by Crippen LogP contribution is 2.35. The van der Waals surface area contributed by atoms with Gasteiger partial charge in [0.1, 0.15) is 0 Å². The molecule has 0 amide bonds. The van der Waals surface area contributed by atoms with Crippen LogP contribution in [0.5, 0.6) is 0 Å². The third-order valence-electron chi connectivity index (χ3n) is 4.81. The van der Waals surface area contributed by atoms with E-state index in [-0.39, 0.29) is 6.10 Å². The second-order valence-corrected chi connectivity index (χ2v) is 5.99. The molecule has 2 fully saturated rings. The van der Waals surface area contributed by atoms with E-state index in [2.05, 4.69) is 11.8 Å². The van der Waals surface area contributed by atoms with Crippen LogP contribution in [-0.4, -0.2) is 35.2 Å². The smallest absolute Gasteiger partial charge is 0.0538 e. The standard InChI is InChI=1S/C15H29NO/c1-2-14(17)9-5-11-16-12-6-10-15(16)13-7-3-4-8-13/h13-15,17H,2-12H2,1H3. The predicted octanol–water partition coefficient (Wildman–Crippen LogP) is 3.19. The van der Waals surface area contributed by atoms with Crippen molar-refractivity contribution in [1.82, 2.24) is 4.90 Å². The molecule has 0 aromatic carbocycles. The van der Waals surface area contributed by atoms with E-state index in [1.807, 2.05) is 0 Å². The van der Waals surface area contributed by atoms with Crippen LogP contribution in [0.4, 0.5) is 0 Å². The Morgan fingerprint density at radius 1 is 1.18 bits per heavy atom. The number of likely N-dealkylation sites (tertiary alicyclic amines) is 1. The summed E-state index contributed by atoms with van der Waals surface area (Å²) in [4.78, 5) is 2.72. The summed E-state index contributed by atoms with van der Waals surface area (Å²) in [7, 11) is 0. The van der Waals surface area contributed by atoms with E-state index in [0.717, 1.165) is 24.8 Å². The number of rotatable bonds is 6. The molecule has 0 spiro atoms. The Kier molecular flexibility index (Phi) is 5.30. The summed E-state index contributed by atoms with van der Waals surface area (Å²) in [5.74, 6) is 0.994. The lowest BCUT2D eigenvalue weighted by molar-refractivity contribution is 0.139. The van der Waals surface area contributed by atoms with Crippen LogP contribution < -0.4 is 0 Å². The Morgan fingerprint density at radius 2 is 1.94 bits per heavy atom. The third-order valence-corrected chi connectivity index (χ3v) is 4.81. The maximum atomic E-state index is 9.59. The van der Waals surface area contributed by atoms with Crippen LogP contribution in [-0.2, 0) is 0 Å². The quantitative estimate of drug-likeness (QED) is 0.769. The summed E-state index contributed by atoms with van der Waals surface area (Å²) >= 11 is 0. The van der Waals surface area contributed by atoms with Gasteiger partial charge in [-0.3, -0.25) is 0 Å². The molecule has 1 saturated carbocycles. The molecule has 1 aliphatic carbocycles.